The predicted molar refractivity (Wildman–Crippen MR) is 56.6 cm³/mol. The van der Waals surface area contributed by atoms with E-state index in [9.17, 15) is 9.90 Å². The molecule has 0 radical (unpaired) electrons. The van der Waals surface area contributed by atoms with E-state index in [1.807, 2.05) is 6.92 Å². The van der Waals surface area contributed by atoms with Crippen molar-refractivity contribution in [2.75, 3.05) is 40.4 Å². The third-order valence-electron chi connectivity index (χ3n) is 1.93. The van der Waals surface area contributed by atoms with Crippen LogP contribution in [0.5, 0.6) is 0 Å². The van der Waals surface area contributed by atoms with Crippen molar-refractivity contribution in [1.29, 1.82) is 0 Å². The van der Waals surface area contributed by atoms with E-state index in [4.69, 9.17) is 9.84 Å². The van der Waals surface area contributed by atoms with Gasteiger partial charge in [0.15, 0.2) is 6.54 Å². The number of carbonyl (C=O) groups is 1. The Labute approximate surface area is 90.9 Å². The van der Waals surface area contributed by atoms with Gasteiger partial charge in [0.05, 0.1) is 20.7 Å². The molecule has 0 bridgehead atoms. The highest BCUT2D eigenvalue weighted by Gasteiger charge is 2.23. The normalized spacial score (nSPS) is 13.9. The maximum absolute atomic E-state index is 10.5. The van der Waals surface area contributed by atoms with E-state index in [1.165, 1.54) is 0 Å². The molecule has 2 N–H and O–H groups in total. The molecule has 15 heavy (non-hydrogen) atoms. The average molecular weight is 220 g/mol. The van der Waals surface area contributed by atoms with Gasteiger partial charge in [-0.2, -0.15) is 0 Å². The van der Waals surface area contributed by atoms with Crippen molar-refractivity contribution < 1.29 is 24.2 Å². The van der Waals surface area contributed by atoms with Gasteiger partial charge in [0.25, 0.3) is 0 Å². The standard InChI is InChI=1S/C10H21NO4/c1-4-5-15-8-9(12)6-11(2,3)7-10(13)14/h9,12H,4-8H2,1-3H3/p+1. The highest BCUT2D eigenvalue weighted by Crippen LogP contribution is 2.00. The number of carboxylic acid groups (broad SMARTS) is 1. The summed E-state index contributed by atoms with van der Waals surface area (Å²) in [7, 11) is 3.55. The highest BCUT2D eigenvalue weighted by molar-refractivity contribution is 5.67. The van der Waals surface area contributed by atoms with E-state index in [1.54, 1.807) is 14.1 Å². The SMILES string of the molecule is CCCOCC(O)C[N+](C)(C)CC(=O)O. The number of carboxylic acids is 1. The molecule has 0 amide bonds. The van der Waals surface area contributed by atoms with Crippen LogP contribution in [0.1, 0.15) is 13.3 Å². The lowest BCUT2D eigenvalue weighted by Crippen LogP contribution is -2.49. The Morgan fingerprint density at radius 2 is 2.07 bits per heavy atom. The van der Waals surface area contributed by atoms with Crippen LogP contribution in [0.3, 0.4) is 0 Å². The van der Waals surface area contributed by atoms with Gasteiger partial charge in [-0.3, -0.25) is 0 Å². The Bertz CT molecular complexity index is 194. The van der Waals surface area contributed by atoms with E-state index < -0.39 is 12.1 Å². The monoisotopic (exact) mass is 220 g/mol. The fraction of sp³-hybridized carbons (Fsp3) is 0.900. The van der Waals surface area contributed by atoms with Crippen molar-refractivity contribution in [3.8, 4) is 0 Å². The van der Waals surface area contributed by atoms with Crippen LogP contribution >= 0.6 is 0 Å². The zero-order valence-corrected chi connectivity index (χ0v) is 9.77. The minimum Gasteiger partial charge on any atom is -0.477 e. The van der Waals surface area contributed by atoms with Crippen molar-refractivity contribution in [1.82, 2.24) is 0 Å². The van der Waals surface area contributed by atoms with Gasteiger partial charge < -0.3 is 19.4 Å². The number of aliphatic hydroxyl groups is 1. The Morgan fingerprint density at radius 3 is 2.53 bits per heavy atom. The summed E-state index contributed by atoms with van der Waals surface area (Å²) in [6, 6.07) is 0. The first-order chi connectivity index (χ1) is 6.87. The lowest BCUT2D eigenvalue weighted by Gasteiger charge is -2.29. The Morgan fingerprint density at radius 1 is 1.47 bits per heavy atom. The lowest BCUT2D eigenvalue weighted by molar-refractivity contribution is -0.886. The van der Waals surface area contributed by atoms with Crippen molar-refractivity contribution in [2.45, 2.75) is 19.4 Å². The summed E-state index contributed by atoms with van der Waals surface area (Å²) in [6.07, 6.45) is 0.311. The number of hydrogen-bond acceptors (Lipinski definition) is 3. The van der Waals surface area contributed by atoms with Gasteiger partial charge >= 0.3 is 5.97 Å². The van der Waals surface area contributed by atoms with Crippen LogP contribution in [0.25, 0.3) is 0 Å². The molecule has 0 spiro atoms. The van der Waals surface area contributed by atoms with Gasteiger partial charge in [-0.15, -0.1) is 0 Å². The van der Waals surface area contributed by atoms with Crippen molar-refractivity contribution in [3.63, 3.8) is 0 Å². The Hall–Kier alpha value is -0.650. The first kappa shape index (κ1) is 14.3. The minimum absolute atomic E-state index is 0.00480. The summed E-state index contributed by atoms with van der Waals surface area (Å²) >= 11 is 0. The molecular weight excluding hydrogens is 198 g/mol. The molecule has 0 saturated carbocycles. The third kappa shape index (κ3) is 8.35. The zero-order valence-electron chi connectivity index (χ0n) is 9.77. The number of hydrogen-bond donors (Lipinski definition) is 2. The number of ether oxygens (including phenoxy) is 1. The summed E-state index contributed by atoms with van der Waals surface area (Å²) in [5, 5.41) is 18.2. The zero-order chi connectivity index (χ0) is 11.9. The number of likely N-dealkylation sites (N-methyl/N-ethyl adjacent to an activating group) is 1. The Kier molecular flexibility index (Phi) is 6.47. The maximum atomic E-state index is 10.5. The number of quaternary nitrogens is 1. The first-order valence-corrected chi connectivity index (χ1v) is 5.17. The second-order valence-electron chi connectivity index (χ2n) is 4.40. The summed E-state index contributed by atoms with van der Waals surface area (Å²) in [4.78, 5) is 10.5. The van der Waals surface area contributed by atoms with Crippen LogP contribution in [0.2, 0.25) is 0 Å². The number of nitrogens with zero attached hydrogens (tertiary/aromatic N) is 1. The van der Waals surface area contributed by atoms with Crippen LogP contribution in [0, 0.1) is 0 Å². The van der Waals surface area contributed by atoms with Crippen LogP contribution in [0.15, 0.2) is 0 Å². The fourth-order valence-corrected chi connectivity index (χ4v) is 1.42. The number of aliphatic carboxylic acids is 1. The topological polar surface area (TPSA) is 66.8 Å². The maximum Gasteiger partial charge on any atom is 0.359 e. The van der Waals surface area contributed by atoms with Crippen molar-refractivity contribution in [2.24, 2.45) is 0 Å². The highest BCUT2D eigenvalue weighted by atomic mass is 16.5. The summed E-state index contributed by atoms with van der Waals surface area (Å²) < 4.78 is 5.44. The molecule has 0 aromatic carbocycles. The summed E-state index contributed by atoms with van der Waals surface area (Å²) in [5.41, 5.74) is 0. The van der Waals surface area contributed by atoms with Crippen LogP contribution in [-0.4, -0.2) is 67.2 Å². The average Bonchev–Trinajstić information content (AvgIpc) is 2.00. The van der Waals surface area contributed by atoms with Gasteiger partial charge in [0.1, 0.15) is 12.6 Å². The minimum atomic E-state index is -0.860. The molecule has 90 valence electrons. The van der Waals surface area contributed by atoms with Crippen LogP contribution in [0.4, 0.5) is 0 Å². The molecule has 0 saturated heterocycles. The molecule has 0 aromatic rings. The second-order valence-corrected chi connectivity index (χ2v) is 4.40. The van der Waals surface area contributed by atoms with Crippen molar-refractivity contribution in [3.05, 3.63) is 0 Å². The van der Waals surface area contributed by atoms with E-state index in [-0.39, 0.29) is 17.6 Å². The summed E-state index contributed by atoms with van der Waals surface area (Å²) in [5.74, 6) is -0.860. The van der Waals surface area contributed by atoms with Gasteiger partial charge in [0.2, 0.25) is 0 Å². The van der Waals surface area contributed by atoms with Gasteiger partial charge in [-0.25, -0.2) is 4.79 Å². The van der Waals surface area contributed by atoms with E-state index in [0.717, 1.165) is 6.42 Å². The van der Waals surface area contributed by atoms with Crippen LogP contribution in [-0.2, 0) is 9.53 Å². The van der Waals surface area contributed by atoms with Gasteiger partial charge in [-0.05, 0) is 6.42 Å². The summed E-state index contributed by atoms with van der Waals surface area (Å²) in [6.45, 7) is 3.29. The molecule has 0 rings (SSSR count). The molecule has 1 unspecified atom stereocenters. The third-order valence-corrected chi connectivity index (χ3v) is 1.93. The Balaban J connectivity index is 3.82. The predicted octanol–water partition coefficient (Wildman–Crippen LogP) is -0.0651. The number of rotatable bonds is 8. The molecule has 0 heterocycles. The smallest absolute Gasteiger partial charge is 0.359 e. The van der Waals surface area contributed by atoms with Crippen molar-refractivity contribution >= 4 is 5.97 Å². The van der Waals surface area contributed by atoms with E-state index >= 15 is 0 Å². The molecule has 5 heteroatoms. The molecule has 1 atom stereocenters. The molecule has 0 aliphatic heterocycles. The first-order valence-electron chi connectivity index (χ1n) is 5.17. The fourth-order valence-electron chi connectivity index (χ4n) is 1.42. The van der Waals surface area contributed by atoms with Gasteiger partial charge in [0, 0.05) is 6.61 Å². The molecule has 0 aromatic heterocycles. The van der Waals surface area contributed by atoms with E-state index in [2.05, 4.69) is 0 Å². The second kappa shape index (κ2) is 6.76. The van der Waals surface area contributed by atoms with Crippen LogP contribution < -0.4 is 0 Å². The largest absolute Gasteiger partial charge is 0.477 e. The lowest BCUT2D eigenvalue weighted by atomic mass is 10.3. The molecule has 0 aliphatic rings. The molecule has 0 aliphatic carbocycles. The molecular formula is C10H22NO4+. The number of aliphatic hydroxyl groups excluding tert-OH is 1. The molecule has 0 fully saturated rings. The quantitative estimate of drug-likeness (QED) is 0.444. The molecule has 5 nitrogen and oxygen atoms in total. The van der Waals surface area contributed by atoms with Gasteiger partial charge in [-0.1, -0.05) is 6.92 Å². The van der Waals surface area contributed by atoms with E-state index in [0.29, 0.717) is 13.2 Å².